The number of aromatic nitrogens is 3. The molecule has 0 atom stereocenters. The van der Waals surface area contributed by atoms with Crippen LogP contribution in [0.4, 0.5) is 0 Å². The molecule has 0 spiro atoms. The summed E-state index contributed by atoms with van der Waals surface area (Å²) in [5.41, 5.74) is 8.06. The van der Waals surface area contributed by atoms with E-state index in [0.717, 1.165) is 72.0 Å². The lowest BCUT2D eigenvalue weighted by Gasteiger charge is -2.13. The Morgan fingerprint density at radius 2 is 1.00 bits per heavy atom. The summed E-state index contributed by atoms with van der Waals surface area (Å²) in [6, 6.07) is 52.9. The van der Waals surface area contributed by atoms with Crippen LogP contribution in [0.1, 0.15) is 11.3 Å². The van der Waals surface area contributed by atoms with Crippen LogP contribution in [-0.4, -0.2) is 15.0 Å². The topological polar surface area (TPSA) is 65.0 Å². The number of furan rings is 2. The van der Waals surface area contributed by atoms with Crippen molar-refractivity contribution >= 4 is 71.3 Å². The second-order valence-electron chi connectivity index (χ2n) is 14.4. The van der Waals surface area contributed by atoms with Gasteiger partial charge in [-0.25, -0.2) is 15.0 Å². The molecule has 0 aliphatic rings. The molecule has 0 N–H and O–H groups in total. The maximum Gasteiger partial charge on any atom is 0.164 e. The van der Waals surface area contributed by atoms with Crippen LogP contribution in [0.15, 0.2) is 179 Å². The Bertz CT molecular complexity index is 3410. The molecule has 5 nitrogen and oxygen atoms in total. The molecule has 0 radical (unpaired) electrons. The van der Waals surface area contributed by atoms with Crippen molar-refractivity contribution in [2.24, 2.45) is 0 Å². The molecule has 5 heteroatoms. The number of rotatable bonds is 6. The molecule has 0 aliphatic carbocycles. The summed E-state index contributed by atoms with van der Waals surface area (Å²) in [5, 5.41) is 10.5. The van der Waals surface area contributed by atoms with E-state index in [2.05, 4.69) is 104 Å². The fourth-order valence-corrected chi connectivity index (χ4v) is 8.39. The van der Waals surface area contributed by atoms with Gasteiger partial charge >= 0.3 is 0 Å². The van der Waals surface area contributed by atoms with Gasteiger partial charge in [-0.1, -0.05) is 140 Å². The van der Waals surface area contributed by atoms with Crippen molar-refractivity contribution in [2.45, 2.75) is 6.92 Å². The minimum Gasteiger partial charge on any atom is -0.461 e. The molecule has 0 saturated carbocycles. The first-order valence-electron chi connectivity index (χ1n) is 19.0. The van der Waals surface area contributed by atoms with Crippen LogP contribution < -0.4 is 0 Å². The van der Waals surface area contributed by atoms with Gasteiger partial charge in [0.2, 0.25) is 0 Å². The van der Waals surface area contributed by atoms with E-state index in [1.165, 1.54) is 32.3 Å². The van der Waals surface area contributed by atoms with Crippen molar-refractivity contribution in [3.05, 3.63) is 182 Å². The second-order valence-corrected chi connectivity index (χ2v) is 14.4. The summed E-state index contributed by atoms with van der Waals surface area (Å²) in [5.74, 6) is 2.51. The SMILES string of the molecule is C=C/C=C\c1c(C)oc2cc(-c3nc(-c4ccccc4)nc(-c4cc(-c5ccc6c7ccccc7c7ccccc7c6c5)c5c(c4)oc4ccccc45)n3)ccc12. The molecule has 3 heterocycles. The molecule has 0 amide bonds. The van der Waals surface area contributed by atoms with Crippen LogP contribution in [0.2, 0.25) is 0 Å². The van der Waals surface area contributed by atoms with Crippen molar-refractivity contribution in [1.82, 2.24) is 15.0 Å². The predicted molar refractivity (Wildman–Crippen MR) is 235 cm³/mol. The molecular formula is C52H33N3O2. The number of allylic oxidation sites excluding steroid dienone is 2. The van der Waals surface area contributed by atoms with Gasteiger partial charge < -0.3 is 8.83 Å². The molecule has 8 aromatic carbocycles. The summed E-state index contributed by atoms with van der Waals surface area (Å²) in [7, 11) is 0. The molecule has 268 valence electrons. The first-order chi connectivity index (χ1) is 28.1. The fourth-order valence-electron chi connectivity index (χ4n) is 8.39. The maximum absolute atomic E-state index is 6.62. The second kappa shape index (κ2) is 13.0. The quantitative estimate of drug-likeness (QED) is 0.126. The summed E-state index contributed by atoms with van der Waals surface area (Å²) < 4.78 is 12.9. The average molecular weight is 732 g/mol. The van der Waals surface area contributed by atoms with Crippen LogP contribution >= 0.6 is 0 Å². The van der Waals surface area contributed by atoms with Gasteiger partial charge in [0.1, 0.15) is 22.5 Å². The maximum atomic E-state index is 6.62. The van der Waals surface area contributed by atoms with Gasteiger partial charge in [-0.2, -0.15) is 0 Å². The number of para-hydroxylation sites is 1. The Morgan fingerprint density at radius 3 is 1.72 bits per heavy atom. The van der Waals surface area contributed by atoms with E-state index in [0.29, 0.717) is 17.5 Å². The van der Waals surface area contributed by atoms with Crippen LogP contribution in [0.3, 0.4) is 0 Å². The zero-order valence-corrected chi connectivity index (χ0v) is 31.0. The minimum atomic E-state index is 0.546. The summed E-state index contributed by atoms with van der Waals surface area (Å²) in [6.07, 6.45) is 5.71. The molecule has 57 heavy (non-hydrogen) atoms. The van der Waals surface area contributed by atoms with Crippen LogP contribution in [0, 0.1) is 6.92 Å². The van der Waals surface area contributed by atoms with Crippen LogP contribution in [0.5, 0.6) is 0 Å². The van der Waals surface area contributed by atoms with E-state index in [-0.39, 0.29) is 0 Å². The van der Waals surface area contributed by atoms with Gasteiger partial charge in [-0.15, -0.1) is 0 Å². The van der Waals surface area contributed by atoms with Gasteiger partial charge in [0.05, 0.1) is 0 Å². The van der Waals surface area contributed by atoms with Gasteiger partial charge in [0.25, 0.3) is 0 Å². The largest absolute Gasteiger partial charge is 0.461 e. The third kappa shape index (κ3) is 5.35. The number of hydrogen-bond donors (Lipinski definition) is 0. The Morgan fingerprint density at radius 1 is 0.439 bits per heavy atom. The van der Waals surface area contributed by atoms with Gasteiger partial charge in [-0.05, 0) is 86.8 Å². The van der Waals surface area contributed by atoms with Crippen molar-refractivity contribution in [3.63, 3.8) is 0 Å². The summed E-state index contributed by atoms with van der Waals surface area (Å²) in [4.78, 5) is 15.3. The van der Waals surface area contributed by atoms with E-state index in [9.17, 15) is 0 Å². The molecule has 0 bridgehead atoms. The standard InChI is InChI=1S/C52H33N3O2/c1-3-4-16-36-31(2)56-47-29-34(24-26-42(36)47)51-53-50(32-14-6-5-7-15-32)54-52(55-51)35-28-44(49-43-21-12-13-22-46(43)57-48(49)30-35)33-23-25-41-39-19-9-8-17-37(39)38-18-10-11-20-40(38)45(41)27-33/h3-30H,1H2,2H3/b16-4-. The van der Waals surface area contributed by atoms with Crippen molar-refractivity contribution in [1.29, 1.82) is 0 Å². The predicted octanol–water partition coefficient (Wildman–Crippen LogP) is 14.2. The summed E-state index contributed by atoms with van der Waals surface area (Å²) in [6.45, 7) is 5.80. The highest BCUT2D eigenvalue weighted by atomic mass is 16.3. The molecule has 0 saturated heterocycles. The van der Waals surface area contributed by atoms with Gasteiger partial charge in [0, 0.05) is 38.4 Å². The van der Waals surface area contributed by atoms with E-state index in [1.807, 2.05) is 73.7 Å². The number of hydrogen-bond acceptors (Lipinski definition) is 5. The Balaban J connectivity index is 1.16. The molecule has 0 aliphatic heterocycles. The Hall–Kier alpha value is -7.63. The first kappa shape index (κ1) is 32.8. The van der Waals surface area contributed by atoms with Crippen molar-refractivity contribution in [3.8, 4) is 45.3 Å². The zero-order chi connectivity index (χ0) is 38.0. The Kier molecular flexibility index (Phi) is 7.47. The van der Waals surface area contributed by atoms with E-state index in [4.69, 9.17) is 23.8 Å². The monoisotopic (exact) mass is 731 g/mol. The van der Waals surface area contributed by atoms with E-state index >= 15 is 0 Å². The van der Waals surface area contributed by atoms with Gasteiger partial charge in [-0.3, -0.25) is 0 Å². The number of fused-ring (bicyclic) bond motifs is 10. The highest BCUT2D eigenvalue weighted by Gasteiger charge is 2.20. The van der Waals surface area contributed by atoms with Gasteiger partial charge in [0.15, 0.2) is 17.5 Å². The number of aryl methyl sites for hydroxylation is 1. The van der Waals surface area contributed by atoms with Crippen molar-refractivity contribution in [2.75, 3.05) is 0 Å². The highest BCUT2D eigenvalue weighted by Crippen LogP contribution is 2.43. The lowest BCUT2D eigenvalue weighted by molar-refractivity contribution is 0.577. The van der Waals surface area contributed by atoms with E-state index < -0.39 is 0 Å². The molecule has 0 unspecified atom stereocenters. The molecule has 11 aromatic rings. The van der Waals surface area contributed by atoms with Crippen molar-refractivity contribution < 1.29 is 8.83 Å². The average Bonchev–Trinajstić information content (AvgIpc) is 3.81. The minimum absolute atomic E-state index is 0.546. The third-order valence-electron chi connectivity index (χ3n) is 11.0. The fraction of sp³-hybridized carbons (Fsp3) is 0.0192. The summed E-state index contributed by atoms with van der Waals surface area (Å²) >= 11 is 0. The van der Waals surface area contributed by atoms with E-state index in [1.54, 1.807) is 6.08 Å². The smallest absolute Gasteiger partial charge is 0.164 e. The molecular weight excluding hydrogens is 699 g/mol. The molecule has 0 fully saturated rings. The molecule has 11 rings (SSSR count). The number of benzene rings is 8. The van der Waals surface area contributed by atoms with Crippen LogP contribution in [-0.2, 0) is 0 Å². The first-order valence-corrected chi connectivity index (χ1v) is 19.0. The lowest BCUT2D eigenvalue weighted by Crippen LogP contribution is -2.00. The highest BCUT2D eigenvalue weighted by molar-refractivity contribution is 6.26. The molecule has 3 aromatic heterocycles. The zero-order valence-electron chi connectivity index (χ0n) is 31.0. The normalized spacial score (nSPS) is 11.9. The lowest BCUT2D eigenvalue weighted by atomic mass is 9.90. The van der Waals surface area contributed by atoms with Crippen LogP contribution in [0.25, 0.3) is 117 Å². The Labute approximate surface area is 327 Å². The third-order valence-corrected chi connectivity index (χ3v) is 11.0. The number of nitrogens with zero attached hydrogens (tertiary/aromatic N) is 3.